The molecule has 0 aliphatic rings. The second-order valence-electron chi connectivity index (χ2n) is 6.95. The minimum atomic E-state index is -4.98. The maximum Gasteiger partial charge on any atom is 0.418 e. The van der Waals surface area contributed by atoms with E-state index in [0.717, 1.165) is 17.8 Å². The number of amides is 1. The molecule has 1 aromatic carbocycles. The predicted molar refractivity (Wildman–Crippen MR) is 113 cm³/mol. The van der Waals surface area contributed by atoms with Crippen LogP contribution < -0.4 is 5.32 Å². The van der Waals surface area contributed by atoms with Gasteiger partial charge in [0.05, 0.1) is 26.9 Å². The average Bonchev–Trinajstić information content (AvgIpc) is 3.09. The van der Waals surface area contributed by atoms with E-state index < -0.39 is 46.5 Å². The van der Waals surface area contributed by atoms with E-state index in [1.165, 1.54) is 16.8 Å². The van der Waals surface area contributed by atoms with Crippen molar-refractivity contribution in [2.75, 3.05) is 11.9 Å². The summed E-state index contributed by atoms with van der Waals surface area (Å²) in [6.45, 7) is 2.57. The molecule has 0 atom stereocenters. The molecule has 3 rings (SSSR count). The number of esters is 1. The molecule has 0 unspecified atom stereocenters. The maximum absolute atomic E-state index is 13.2. The van der Waals surface area contributed by atoms with E-state index in [2.05, 4.69) is 10.1 Å². The van der Waals surface area contributed by atoms with Crippen LogP contribution in [0.4, 0.5) is 24.5 Å². The minimum Gasteiger partial charge on any atom is -0.451 e. The first-order chi connectivity index (χ1) is 15.9. The monoisotopic (exact) mass is 497 g/mol. The summed E-state index contributed by atoms with van der Waals surface area (Å²) < 4.78 is 46.0. The van der Waals surface area contributed by atoms with Crippen molar-refractivity contribution in [2.24, 2.45) is 0 Å². The third kappa shape index (κ3) is 5.49. The molecule has 2 aromatic heterocycles. The van der Waals surface area contributed by atoms with E-state index in [4.69, 9.17) is 16.3 Å². The highest BCUT2D eigenvalue weighted by Crippen LogP contribution is 2.37. The lowest BCUT2D eigenvalue weighted by molar-refractivity contribution is -0.385. The van der Waals surface area contributed by atoms with Crippen molar-refractivity contribution in [1.82, 2.24) is 14.8 Å². The molecule has 2 heterocycles. The van der Waals surface area contributed by atoms with Crippen LogP contribution in [0.1, 0.15) is 27.4 Å². The number of benzene rings is 1. The lowest BCUT2D eigenvalue weighted by atomic mass is 10.1. The van der Waals surface area contributed by atoms with Gasteiger partial charge in [0.25, 0.3) is 11.6 Å². The normalized spacial score (nSPS) is 11.2. The number of carbonyl (C=O) groups excluding carboxylic acids is 2. The fourth-order valence-electron chi connectivity index (χ4n) is 2.93. The summed E-state index contributed by atoms with van der Waals surface area (Å²) in [5, 5.41) is 16.8. The molecule has 0 aliphatic carbocycles. The van der Waals surface area contributed by atoms with Crippen LogP contribution in [0.3, 0.4) is 0 Å². The molecular formula is C20H15ClF3N5O5. The van der Waals surface area contributed by atoms with Gasteiger partial charge in [0, 0.05) is 17.8 Å². The lowest BCUT2D eigenvalue weighted by Gasteiger charge is -2.14. The number of ether oxygens (including phenoxy) is 1. The van der Waals surface area contributed by atoms with Crippen LogP contribution in [0.2, 0.25) is 5.02 Å². The minimum absolute atomic E-state index is 0.0783. The summed E-state index contributed by atoms with van der Waals surface area (Å²) in [5.41, 5.74) is -1.86. The van der Waals surface area contributed by atoms with E-state index in [1.807, 2.05) is 5.32 Å². The van der Waals surface area contributed by atoms with Gasteiger partial charge in [0.15, 0.2) is 18.1 Å². The fourth-order valence-corrected chi connectivity index (χ4v) is 3.11. The number of aromatic nitrogens is 3. The van der Waals surface area contributed by atoms with Gasteiger partial charge in [-0.15, -0.1) is 0 Å². The van der Waals surface area contributed by atoms with Gasteiger partial charge in [-0.2, -0.15) is 18.3 Å². The Bertz CT molecular complexity index is 1290. The van der Waals surface area contributed by atoms with Crippen LogP contribution in [-0.2, 0) is 15.7 Å². The zero-order chi connectivity index (χ0) is 25.2. The van der Waals surface area contributed by atoms with Crippen LogP contribution in [0.25, 0.3) is 5.82 Å². The molecular weight excluding hydrogens is 483 g/mol. The Balaban J connectivity index is 1.74. The molecule has 14 heteroatoms. The van der Waals surface area contributed by atoms with E-state index in [9.17, 15) is 32.9 Å². The molecule has 0 aliphatic heterocycles. The first-order valence-electron chi connectivity index (χ1n) is 9.39. The largest absolute Gasteiger partial charge is 0.451 e. The molecule has 0 spiro atoms. The topological polar surface area (TPSA) is 129 Å². The van der Waals surface area contributed by atoms with Gasteiger partial charge < -0.3 is 10.1 Å². The third-order valence-electron chi connectivity index (χ3n) is 4.38. The predicted octanol–water partition coefficient (Wildman–Crippen LogP) is 4.26. The van der Waals surface area contributed by atoms with Crippen molar-refractivity contribution in [3.8, 4) is 5.82 Å². The zero-order valence-electron chi connectivity index (χ0n) is 17.5. The van der Waals surface area contributed by atoms with E-state index >= 15 is 0 Å². The zero-order valence-corrected chi connectivity index (χ0v) is 18.3. The van der Waals surface area contributed by atoms with Crippen molar-refractivity contribution >= 4 is 34.9 Å². The number of carbonyl (C=O) groups is 2. The Hall–Kier alpha value is -4.00. The summed E-state index contributed by atoms with van der Waals surface area (Å²) in [7, 11) is 0. The second kappa shape index (κ2) is 9.47. The molecule has 0 radical (unpaired) electrons. The molecule has 34 heavy (non-hydrogen) atoms. The van der Waals surface area contributed by atoms with E-state index in [-0.39, 0.29) is 22.6 Å². The Morgan fingerprint density at radius 2 is 1.91 bits per heavy atom. The van der Waals surface area contributed by atoms with Gasteiger partial charge in [0.2, 0.25) is 0 Å². The van der Waals surface area contributed by atoms with Crippen molar-refractivity contribution < 1.29 is 32.4 Å². The number of hydrogen-bond donors (Lipinski definition) is 1. The van der Waals surface area contributed by atoms with Crippen LogP contribution in [0, 0.1) is 24.0 Å². The number of hydrogen-bond acceptors (Lipinski definition) is 7. The number of pyridine rings is 1. The molecule has 1 N–H and O–H groups in total. The van der Waals surface area contributed by atoms with E-state index in [0.29, 0.717) is 5.69 Å². The van der Waals surface area contributed by atoms with E-state index in [1.54, 1.807) is 19.9 Å². The third-order valence-corrected chi connectivity index (χ3v) is 4.68. The van der Waals surface area contributed by atoms with Crippen molar-refractivity contribution in [3.63, 3.8) is 0 Å². The summed E-state index contributed by atoms with van der Waals surface area (Å²) in [6.07, 6.45) is -4.98. The smallest absolute Gasteiger partial charge is 0.418 e. The number of alkyl halides is 3. The van der Waals surface area contributed by atoms with Crippen LogP contribution in [-0.4, -0.2) is 38.2 Å². The van der Waals surface area contributed by atoms with Crippen molar-refractivity contribution in [1.29, 1.82) is 0 Å². The molecule has 10 nitrogen and oxygen atoms in total. The Labute approximate surface area is 194 Å². The summed E-state index contributed by atoms with van der Waals surface area (Å²) in [6, 6.07) is 6.49. The Kier molecular flexibility index (Phi) is 6.86. The molecule has 0 saturated heterocycles. The number of nitro benzene ring substituents is 1. The van der Waals surface area contributed by atoms with Gasteiger partial charge in [0.1, 0.15) is 0 Å². The van der Waals surface area contributed by atoms with Gasteiger partial charge in [-0.05, 0) is 38.1 Å². The highest BCUT2D eigenvalue weighted by Gasteiger charge is 2.35. The number of anilines is 1. The number of halogens is 4. The molecule has 3 aromatic rings. The summed E-state index contributed by atoms with van der Waals surface area (Å²) in [5.74, 6) is -1.95. The molecule has 0 bridgehead atoms. The average molecular weight is 498 g/mol. The number of aryl methyl sites for hydroxylation is 2. The molecule has 0 fully saturated rings. The maximum atomic E-state index is 13.2. The number of rotatable bonds is 6. The Morgan fingerprint density at radius 3 is 2.50 bits per heavy atom. The standard InChI is InChI=1S/C20H15ClF3N5O5/c1-10-7-11(2)28(27-10)16-6-4-14(21)18(26-16)19(31)34-9-17(30)25-15-5-3-12(29(32)33)8-13(15)20(22,23)24/h3-8H,9H2,1-2H3,(H,25,30). The highest BCUT2D eigenvalue weighted by atomic mass is 35.5. The van der Waals surface area contributed by atoms with Gasteiger partial charge in [-0.1, -0.05) is 11.6 Å². The van der Waals surface area contributed by atoms with Crippen LogP contribution in [0.15, 0.2) is 36.4 Å². The van der Waals surface area contributed by atoms with Crippen LogP contribution >= 0.6 is 11.6 Å². The van der Waals surface area contributed by atoms with Crippen molar-refractivity contribution in [3.05, 3.63) is 74.2 Å². The summed E-state index contributed by atoms with van der Waals surface area (Å²) in [4.78, 5) is 38.4. The number of nitro groups is 1. The van der Waals surface area contributed by atoms with Crippen molar-refractivity contribution in [2.45, 2.75) is 20.0 Å². The highest BCUT2D eigenvalue weighted by molar-refractivity contribution is 6.33. The number of nitrogens with one attached hydrogen (secondary N) is 1. The van der Waals surface area contributed by atoms with Gasteiger partial charge in [-0.25, -0.2) is 14.5 Å². The van der Waals surface area contributed by atoms with Crippen LogP contribution in [0.5, 0.6) is 0 Å². The van der Waals surface area contributed by atoms with Gasteiger partial charge >= 0.3 is 12.1 Å². The number of nitrogens with zero attached hydrogens (tertiary/aromatic N) is 4. The molecule has 1 amide bonds. The number of non-ortho nitro benzene ring substituents is 1. The molecule has 0 saturated carbocycles. The quantitative estimate of drug-likeness (QED) is 0.306. The molecule has 178 valence electrons. The van der Waals surface area contributed by atoms with Gasteiger partial charge in [-0.3, -0.25) is 14.9 Å². The lowest BCUT2D eigenvalue weighted by Crippen LogP contribution is -2.23. The Morgan fingerprint density at radius 1 is 1.21 bits per heavy atom. The SMILES string of the molecule is Cc1cc(C)n(-c2ccc(Cl)c(C(=O)OCC(=O)Nc3ccc([N+](=O)[O-])cc3C(F)(F)F)n2)n1. The summed E-state index contributed by atoms with van der Waals surface area (Å²) >= 11 is 6.01. The first-order valence-corrected chi connectivity index (χ1v) is 9.77. The second-order valence-corrected chi connectivity index (χ2v) is 7.36. The first kappa shape index (κ1) is 24.6. The fraction of sp³-hybridized carbons (Fsp3) is 0.200.